The highest BCUT2D eigenvalue weighted by atomic mass is 19.1. The lowest BCUT2D eigenvalue weighted by Gasteiger charge is -2.36. The summed E-state index contributed by atoms with van der Waals surface area (Å²) in [5.41, 5.74) is 0.864. The van der Waals surface area contributed by atoms with E-state index in [-0.39, 0.29) is 17.8 Å². The first kappa shape index (κ1) is 16.0. The molecule has 0 radical (unpaired) electrons. The number of halogens is 1. The van der Waals surface area contributed by atoms with Gasteiger partial charge < -0.3 is 10.6 Å². The van der Waals surface area contributed by atoms with Crippen LogP contribution in [0.25, 0.3) is 0 Å². The van der Waals surface area contributed by atoms with E-state index >= 15 is 0 Å². The third-order valence-electron chi connectivity index (χ3n) is 5.41. The lowest BCUT2D eigenvalue weighted by molar-refractivity contribution is -0.125. The molecule has 0 spiro atoms. The highest BCUT2D eigenvalue weighted by Gasteiger charge is 2.53. The number of nitrogens with zero attached hydrogens (tertiary/aromatic N) is 2. The van der Waals surface area contributed by atoms with Crippen LogP contribution in [0.15, 0.2) is 36.7 Å². The van der Waals surface area contributed by atoms with Crippen LogP contribution >= 0.6 is 0 Å². The molecule has 25 heavy (non-hydrogen) atoms. The zero-order valence-electron chi connectivity index (χ0n) is 14.1. The number of carbonyl (C=O) groups is 1. The Bertz CT molecular complexity index is 800. The maximum atomic E-state index is 14.1. The molecule has 2 N–H and O–H groups in total. The molecule has 2 aliphatic rings. The van der Waals surface area contributed by atoms with Gasteiger partial charge in [-0.1, -0.05) is 18.2 Å². The van der Waals surface area contributed by atoms with Gasteiger partial charge in [0, 0.05) is 36.3 Å². The fraction of sp³-hybridized carbons (Fsp3) is 0.421. The Hall–Kier alpha value is -2.50. The zero-order chi connectivity index (χ0) is 17.4. The third-order valence-corrected chi connectivity index (χ3v) is 5.41. The molecule has 1 aromatic heterocycles. The number of hydrogen-bond acceptors (Lipinski definition) is 4. The monoisotopic (exact) mass is 340 g/mol. The van der Waals surface area contributed by atoms with Crippen molar-refractivity contribution in [1.82, 2.24) is 15.3 Å². The Morgan fingerprint density at radius 2 is 2.00 bits per heavy atom. The minimum atomic E-state index is -0.662. The SMILES string of the molecule is CNc1cc(C2CC(NC(=O)C3(c4ccccc4F)CC3)C2)ncn1. The lowest BCUT2D eigenvalue weighted by atomic mass is 9.77. The van der Waals surface area contributed by atoms with Crippen molar-refractivity contribution < 1.29 is 9.18 Å². The summed E-state index contributed by atoms with van der Waals surface area (Å²) in [6, 6.07) is 8.69. The van der Waals surface area contributed by atoms with E-state index in [4.69, 9.17) is 0 Å². The van der Waals surface area contributed by atoms with E-state index in [1.807, 2.05) is 13.1 Å². The van der Waals surface area contributed by atoms with Gasteiger partial charge in [0.05, 0.1) is 5.41 Å². The molecule has 2 aliphatic carbocycles. The average Bonchev–Trinajstić information content (AvgIpc) is 3.39. The smallest absolute Gasteiger partial charge is 0.230 e. The summed E-state index contributed by atoms with van der Waals surface area (Å²) in [5, 5.41) is 6.12. The molecule has 0 unspecified atom stereocenters. The van der Waals surface area contributed by atoms with Crippen LogP contribution in [-0.2, 0) is 10.2 Å². The Kier molecular flexibility index (Phi) is 3.90. The van der Waals surface area contributed by atoms with Gasteiger partial charge in [-0.15, -0.1) is 0 Å². The molecule has 2 fully saturated rings. The van der Waals surface area contributed by atoms with Crippen LogP contribution < -0.4 is 10.6 Å². The van der Waals surface area contributed by atoms with Crippen LogP contribution in [0, 0.1) is 5.82 Å². The number of nitrogens with one attached hydrogen (secondary N) is 2. The highest BCUT2D eigenvalue weighted by molar-refractivity contribution is 5.91. The van der Waals surface area contributed by atoms with Gasteiger partial charge in [-0.3, -0.25) is 4.79 Å². The zero-order valence-corrected chi connectivity index (χ0v) is 14.1. The van der Waals surface area contributed by atoms with Gasteiger partial charge in [0.1, 0.15) is 18.0 Å². The molecule has 0 bridgehead atoms. The Balaban J connectivity index is 1.38. The fourth-order valence-corrected chi connectivity index (χ4v) is 3.63. The number of carbonyl (C=O) groups excluding carboxylic acids is 1. The van der Waals surface area contributed by atoms with E-state index in [0.717, 1.165) is 24.4 Å². The van der Waals surface area contributed by atoms with E-state index in [9.17, 15) is 9.18 Å². The minimum absolute atomic E-state index is 0.0420. The van der Waals surface area contributed by atoms with Crippen LogP contribution in [0.1, 0.15) is 42.9 Å². The Labute approximate surface area is 146 Å². The summed E-state index contributed by atoms with van der Waals surface area (Å²) in [6.07, 6.45) is 4.71. The first-order valence-corrected chi connectivity index (χ1v) is 8.68. The second-order valence-electron chi connectivity index (χ2n) is 6.98. The molecule has 2 aromatic rings. The van der Waals surface area contributed by atoms with Crippen LogP contribution in [0.4, 0.5) is 10.2 Å². The first-order valence-electron chi connectivity index (χ1n) is 8.68. The summed E-state index contributed by atoms with van der Waals surface area (Å²) < 4.78 is 14.1. The Morgan fingerprint density at radius 3 is 2.68 bits per heavy atom. The molecule has 0 saturated heterocycles. The maximum absolute atomic E-state index is 14.1. The summed E-state index contributed by atoms with van der Waals surface area (Å²) in [4.78, 5) is 21.2. The van der Waals surface area contributed by atoms with E-state index in [0.29, 0.717) is 24.3 Å². The molecule has 0 atom stereocenters. The largest absolute Gasteiger partial charge is 0.373 e. The molecule has 4 rings (SSSR count). The second-order valence-corrected chi connectivity index (χ2v) is 6.98. The molecule has 1 aromatic carbocycles. The first-order chi connectivity index (χ1) is 12.1. The minimum Gasteiger partial charge on any atom is -0.373 e. The normalized spacial score (nSPS) is 23.4. The summed E-state index contributed by atoms with van der Waals surface area (Å²) >= 11 is 0. The van der Waals surface area contributed by atoms with Crippen molar-refractivity contribution in [2.24, 2.45) is 0 Å². The predicted octanol–water partition coefficient (Wildman–Crippen LogP) is 2.75. The molecule has 1 amide bonds. The van der Waals surface area contributed by atoms with Gasteiger partial charge in [-0.25, -0.2) is 14.4 Å². The van der Waals surface area contributed by atoms with Gasteiger partial charge in [-0.05, 0) is 31.7 Å². The summed E-state index contributed by atoms with van der Waals surface area (Å²) in [7, 11) is 1.83. The van der Waals surface area contributed by atoms with Crippen molar-refractivity contribution in [3.63, 3.8) is 0 Å². The van der Waals surface area contributed by atoms with E-state index in [1.54, 1.807) is 24.5 Å². The molecule has 2 saturated carbocycles. The van der Waals surface area contributed by atoms with E-state index in [2.05, 4.69) is 20.6 Å². The standard InChI is InChI=1S/C19H21FN4O/c1-21-17-10-16(22-11-23-17)12-8-13(9-12)24-18(25)19(6-7-19)14-4-2-3-5-15(14)20/h2-5,10-13H,6-9H2,1H3,(H,24,25)(H,21,22,23). The molecule has 5 nitrogen and oxygen atoms in total. The molecular formula is C19H21FN4O. The molecule has 130 valence electrons. The predicted molar refractivity (Wildman–Crippen MR) is 92.8 cm³/mol. The molecular weight excluding hydrogens is 319 g/mol. The molecule has 1 heterocycles. The number of rotatable bonds is 5. The quantitative estimate of drug-likeness (QED) is 0.878. The van der Waals surface area contributed by atoms with Crippen molar-refractivity contribution in [3.8, 4) is 0 Å². The molecule has 6 heteroatoms. The number of aromatic nitrogens is 2. The molecule has 0 aliphatic heterocycles. The number of anilines is 1. The van der Waals surface area contributed by atoms with Crippen LogP contribution in [0.5, 0.6) is 0 Å². The maximum Gasteiger partial charge on any atom is 0.230 e. The van der Waals surface area contributed by atoms with Crippen LogP contribution in [0.2, 0.25) is 0 Å². The van der Waals surface area contributed by atoms with Gasteiger partial charge in [0.2, 0.25) is 5.91 Å². The fourth-order valence-electron chi connectivity index (χ4n) is 3.63. The van der Waals surface area contributed by atoms with E-state index in [1.165, 1.54) is 6.07 Å². The van der Waals surface area contributed by atoms with Crippen molar-refractivity contribution in [3.05, 3.63) is 53.7 Å². The van der Waals surface area contributed by atoms with Gasteiger partial charge in [0.15, 0.2) is 0 Å². The van der Waals surface area contributed by atoms with Crippen molar-refractivity contribution in [2.75, 3.05) is 12.4 Å². The van der Waals surface area contributed by atoms with Gasteiger partial charge in [0.25, 0.3) is 0 Å². The van der Waals surface area contributed by atoms with Crippen molar-refractivity contribution in [2.45, 2.75) is 43.1 Å². The number of amides is 1. The lowest BCUT2D eigenvalue weighted by Crippen LogP contribution is -2.47. The third kappa shape index (κ3) is 2.86. The number of hydrogen-bond donors (Lipinski definition) is 2. The van der Waals surface area contributed by atoms with Crippen LogP contribution in [0.3, 0.4) is 0 Å². The van der Waals surface area contributed by atoms with Gasteiger partial charge in [-0.2, -0.15) is 0 Å². The summed E-state index contributed by atoms with van der Waals surface area (Å²) in [5.74, 6) is 0.805. The average molecular weight is 340 g/mol. The van der Waals surface area contributed by atoms with Crippen LogP contribution in [-0.4, -0.2) is 29.0 Å². The topological polar surface area (TPSA) is 66.9 Å². The van der Waals surface area contributed by atoms with Crippen molar-refractivity contribution >= 4 is 11.7 Å². The second kappa shape index (κ2) is 6.10. The highest BCUT2D eigenvalue weighted by Crippen LogP contribution is 2.50. The van der Waals surface area contributed by atoms with Gasteiger partial charge >= 0.3 is 0 Å². The summed E-state index contributed by atoms with van der Waals surface area (Å²) in [6.45, 7) is 0. The number of benzene rings is 1. The Morgan fingerprint density at radius 1 is 1.24 bits per heavy atom. The van der Waals surface area contributed by atoms with E-state index < -0.39 is 5.41 Å². The van der Waals surface area contributed by atoms with Crippen molar-refractivity contribution in [1.29, 1.82) is 0 Å².